The van der Waals surface area contributed by atoms with Gasteiger partial charge in [0.1, 0.15) is 5.75 Å². The summed E-state index contributed by atoms with van der Waals surface area (Å²) in [7, 11) is 2.09. The molecule has 174 valence electrons. The lowest BCUT2D eigenvalue weighted by Gasteiger charge is -2.44. The molecule has 8 heteroatoms. The van der Waals surface area contributed by atoms with Crippen LogP contribution in [0.1, 0.15) is 52.5 Å². The second-order valence-corrected chi connectivity index (χ2v) is 10.5. The molecule has 0 radical (unpaired) electrons. The molecule has 2 aromatic heterocycles. The standard InChI is InChI=1S/C25H29F2N5O/c1-24-8-9-25(2,15-24)12-18(11-24)31(3)22-7-6-20(29-30-22)19-5-4-16(10-21(19)33)17-13-28-32(14-17)23(26)27/h4-7,10,13-14,18,23,33H,8-9,11-12,15H2,1-3H3/t18?,24-,25+. The minimum atomic E-state index is -2.70. The molecule has 2 bridgehead atoms. The van der Waals surface area contributed by atoms with Crippen molar-refractivity contribution in [3.63, 3.8) is 0 Å². The Hall–Kier alpha value is -3.03. The first kappa shape index (κ1) is 21.8. The van der Waals surface area contributed by atoms with E-state index in [9.17, 15) is 13.9 Å². The van der Waals surface area contributed by atoms with E-state index in [1.165, 1.54) is 50.6 Å². The van der Waals surface area contributed by atoms with Crippen LogP contribution in [0.5, 0.6) is 5.75 Å². The molecular weight excluding hydrogens is 424 g/mol. The number of phenolic OH excluding ortho intramolecular Hbond substituents is 1. The number of rotatable bonds is 5. The topological polar surface area (TPSA) is 67.1 Å². The molecule has 33 heavy (non-hydrogen) atoms. The largest absolute Gasteiger partial charge is 0.507 e. The summed E-state index contributed by atoms with van der Waals surface area (Å²) < 4.78 is 26.1. The van der Waals surface area contributed by atoms with Gasteiger partial charge < -0.3 is 10.0 Å². The van der Waals surface area contributed by atoms with E-state index in [4.69, 9.17) is 0 Å². The van der Waals surface area contributed by atoms with Crippen LogP contribution in [0.15, 0.2) is 42.7 Å². The third-order valence-electron chi connectivity index (χ3n) is 7.61. The predicted molar refractivity (Wildman–Crippen MR) is 123 cm³/mol. The number of phenols is 1. The highest BCUT2D eigenvalue weighted by Gasteiger charge is 2.50. The molecule has 3 atom stereocenters. The zero-order valence-electron chi connectivity index (χ0n) is 19.2. The number of anilines is 1. The minimum absolute atomic E-state index is 0.0115. The van der Waals surface area contributed by atoms with E-state index >= 15 is 0 Å². The molecule has 2 heterocycles. The third kappa shape index (κ3) is 4.07. The highest BCUT2D eigenvalue weighted by atomic mass is 19.3. The lowest BCUT2D eigenvalue weighted by molar-refractivity contribution is 0.0566. The Morgan fingerprint density at radius 3 is 2.36 bits per heavy atom. The van der Waals surface area contributed by atoms with Crippen molar-refractivity contribution in [2.24, 2.45) is 10.8 Å². The van der Waals surface area contributed by atoms with Crippen LogP contribution in [0.25, 0.3) is 22.4 Å². The fraction of sp³-hybridized carbons (Fsp3) is 0.480. The molecule has 1 unspecified atom stereocenters. The Morgan fingerprint density at radius 2 is 1.79 bits per heavy atom. The van der Waals surface area contributed by atoms with Crippen molar-refractivity contribution in [3.05, 3.63) is 42.7 Å². The number of halogens is 2. The first-order valence-corrected chi connectivity index (χ1v) is 11.4. The fourth-order valence-electron chi connectivity index (χ4n) is 6.01. The van der Waals surface area contributed by atoms with Gasteiger partial charge in [-0.2, -0.15) is 13.9 Å². The van der Waals surface area contributed by atoms with Gasteiger partial charge in [0.15, 0.2) is 5.82 Å². The number of aromatic hydroxyl groups is 1. The summed E-state index contributed by atoms with van der Waals surface area (Å²) >= 11 is 0. The Morgan fingerprint density at radius 1 is 1.06 bits per heavy atom. The van der Waals surface area contributed by atoms with Crippen LogP contribution in [0, 0.1) is 10.8 Å². The number of nitrogens with zero attached hydrogens (tertiary/aromatic N) is 5. The minimum Gasteiger partial charge on any atom is -0.507 e. The predicted octanol–water partition coefficient (Wildman–Crippen LogP) is 5.90. The summed E-state index contributed by atoms with van der Waals surface area (Å²) in [5.74, 6) is 0.838. The van der Waals surface area contributed by atoms with Gasteiger partial charge in [-0.15, -0.1) is 10.2 Å². The van der Waals surface area contributed by atoms with Crippen molar-refractivity contribution in [2.45, 2.75) is 58.5 Å². The number of fused-ring (bicyclic) bond motifs is 2. The van der Waals surface area contributed by atoms with Crippen LogP contribution < -0.4 is 4.90 Å². The summed E-state index contributed by atoms with van der Waals surface area (Å²) in [5.41, 5.74) is 3.03. The van der Waals surface area contributed by atoms with Crippen molar-refractivity contribution in [1.82, 2.24) is 20.0 Å². The number of hydrogen-bond acceptors (Lipinski definition) is 5. The van der Waals surface area contributed by atoms with E-state index in [0.29, 0.717) is 43.9 Å². The third-order valence-corrected chi connectivity index (χ3v) is 7.61. The number of benzene rings is 1. The maximum atomic E-state index is 12.8. The summed E-state index contributed by atoms with van der Waals surface area (Å²) in [6.07, 6.45) is 8.87. The van der Waals surface area contributed by atoms with Gasteiger partial charge in [0.05, 0.1) is 11.9 Å². The molecular formula is C25H29F2N5O. The molecule has 1 aromatic carbocycles. The molecule has 2 saturated carbocycles. The Bertz CT molecular complexity index is 1150. The Kier molecular flexibility index (Phi) is 5.14. The first-order valence-electron chi connectivity index (χ1n) is 11.4. The van der Waals surface area contributed by atoms with E-state index in [1.54, 1.807) is 12.1 Å². The second kappa shape index (κ2) is 7.78. The first-order chi connectivity index (χ1) is 15.6. The fourth-order valence-corrected chi connectivity index (χ4v) is 6.01. The molecule has 0 amide bonds. The SMILES string of the molecule is CN(c1ccc(-c2ccc(-c3cnn(C(F)F)c3)cc2O)nn1)C1C[C@]2(C)CC[C@](C)(C1)C2. The molecule has 3 aromatic rings. The summed E-state index contributed by atoms with van der Waals surface area (Å²) in [4.78, 5) is 2.25. The van der Waals surface area contributed by atoms with Crippen LogP contribution in [-0.4, -0.2) is 38.2 Å². The molecule has 0 aliphatic heterocycles. The lowest BCUT2D eigenvalue weighted by atomic mass is 9.68. The molecule has 6 nitrogen and oxygen atoms in total. The average Bonchev–Trinajstić information content (AvgIpc) is 3.35. The van der Waals surface area contributed by atoms with Gasteiger partial charge in [-0.1, -0.05) is 19.9 Å². The molecule has 0 saturated heterocycles. The summed E-state index contributed by atoms with van der Waals surface area (Å²) in [5, 5.41) is 23.1. The summed E-state index contributed by atoms with van der Waals surface area (Å²) in [6, 6.07) is 9.26. The van der Waals surface area contributed by atoms with Crippen molar-refractivity contribution in [3.8, 4) is 28.1 Å². The zero-order valence-corrected chi connectivity index (χ0v) is 19.2. The van der Waals surface area contributed by atoms with Crippen molar-refractivity contribution < 1.29 is 13.9 Å². The van der Waals surface area contributed by atoms with Gasteiger partial charge in [0, 0.05) is 30.4 Å². The van der Waals surface area contributed by atoms with Crippen LogP contribution in [0.3, 0.4) is 0 Å². The molecule has 2 aliphatic carbocycles. The second-order valence-electron chi connectivity index (χ2n) is 10.5. The van der Waals surface area contributed by atoms with Gasteiger partial charge in [0.2, 0.25) is 0 Å². The number of alkyl halides is 2. The van der Waals surface area contributed by atoms with Gasteiger partial charge in [0.25, 0.3) is 0 Å². The molecule has 2 aliphatic rings. The number of hydrogen-bond donors (Lipinski definition) is 1. The van der Waals surface area contributed by atoms with Crippen molar-refractivity contribution in [2.75, 3.05) is 11.9 Å². The lowest BCUT2D eigenvalue weighted by Crippen LogP contribution is -2.42. The highest BCUT2D eigenvalue weighted by Crippen LogP contribution is 2.58. The van der Waals surface area contributed by atoms with Gasteiger partial charge in [-0.25, -0.2) is 4.68 Å². The van der Waals surface area contributed by atoms with Crippen LogP contribution in [0.4, 0.5) is 14.6 Å². The molecule has 1 N–H and O–H groups in total. The smallest absolute Gasteiger partial charge is 0.333 e. The van der Waals surface area contributed by atoms with E-state index in [2.05, 4.69) is 41.1 Å². The Labute approximate surface area is 192 Å². The van der Waals surface area contributed by atoms with E-state index in [-0.39, 0.29) is 5.75 Å². The van der Waals surface area contributed by atoms with Gasteiger partial charge in [-0.05, 0) is 72.8 Å². The van der Waals surface area contributed by atoms with Crippen molar-refractivity contribution >= 4 is 5.82 Å². The quantitative estimate of drug-likeness (QED) is 0.521. The van der Waals surface area contributed by atoms with Crippen LogP contribution in [0.2, 0.25) is 0 Å². The van der Waals surface area contributed by atoms with Gasteiger partial charge in [-0.3, -0.25) is 0 Å². The monoisotopic (exact) mass is 453 g/mol. The Balaban J connectivity index is 1.34. The van der Waals surface area contributed by atoms with Crippen LogP contribution >= 0.6 is 0 Å². The zero-order chi connectivity index (χ0) is 23.4. The molecule has 2 fully saturated rings. The van der Waals surface area contributed by atoms with E-state index in [1.807, 2.05) is 12.1 Å². The molecule has 0 spiro atoms. The maximum absolute atomic E-state index is 12.8. The molecule has 5 rings (SSSR count). The summed E-state index contributed by atoms with van der Waals surface area (Å²) in [6.45, 7) is 2.13. The van der Waals surface area contributed by atoms with E-state index in [0.717, 1.165) is 5.82 Å². The average molecular weight is 454 g/mol. The normalized spacial score (nSPS) is 26.7. The maximum Gasteiger partial charge on any atom is 0.333 e. The van der Waals surface area contributed by atoms with E-state index < -0.39 is 6.55 Å². The highest BCUT2D eigenvalue weighted by molar-refractivity contribution is 5.74. The number of aromatic nitrogens is 4. The van der Waals surface area contributed by atoms with Gasteiger partial charge >= 0.3 is 6.55 Å². The van der Waals surface area contributed by atoms with Crippen LogP contribution in [-0.2, 0) is 0 Å². The van der Waals surface area contributed by atoms with Crippen molar-refractivity contribution in [1.29, 1.82) is 0 Å².